The van der Waals surface area contributed by atoms with Crippen LogP contribution in [-0.4, -0.2) is 93.3 Å². The van der Waals surface area contributed by atoms with Crippen LogP contribution in [0.5, 0.6) is 0 Å². The highest BCUT2D eigenvalue weighted by atomic mass is 16.5. The quantitative estimate of drug-likeness (QED) is 0.276. The molecule has 4 N–H and O–H groups in total. The maximum Gasteiger partial charge on any atom is 0.221 e. The Morgan fingerprint density at radius 2 is 2.07 bits per heavy atom. The Kier molecular flexibility index (Phi) is 10.7. The van der Waals surface area contributed by atoms with Crippen molar-refractivity contribution in [2.45, 2.75) is 46.1 Å². The molecule has 2 heterocycles. The van der Waals surface area contributed by atoms with Crippen LogP contribution in [0.25, 0.3) is 0 Å². The lowest BCUT2D eigenvalue weighted by atomic mass is 9.97. The van der Waals surface area contributed by atoms with E-state index in [4.69, 9.17) is 15.5 Å². The van der Waals surface area contributed by atoms with E-state index in [1.54, 1.807) is 0 Å². The first-order chi connectivity index (χ1) is 14.0. The second-order valence-corrected chi connectivity index (χ2v) is 8.69. The van der Waals surface area contributed by atoms with Gasteiger partial charge in [0.05, 0.1) is 25.2 Å². The summed E-state index contributed by atoms with van der Waals surface area (Å²) in [6, 6.07) is 0. The molecule has 2 rings (SSSR count). The third-order valence-electron chi connectivity index (χ3n) is 5.49. The second kappa shape index (κ2) is 13.0. The number of morpholine rings is 1. The minimum atomic E-state index is -0.161. The number of nitrogens with one attached hydrogen (secondary N) is 2. The molecule has 8 heteroatoms. The van der Waals surface area contributed by atoms with E-state index in [1.165, 1.54) is 0 Å². The second-order valence-electron chi connectivity index (χ2n) is 8.69. The minimum Gasteiger partial charge on any atom is -0.374 e. The highest BCUT2D eigenvalue weighted by Crippen LogP contribution is 2.15. The fraction of sp³-hybridized carbons (Fsp3) is 0.905. The van der Waals surface area contributed by atoms with Gasteiger partial charge in [0, 0.05) is 39.3 Å². The Morgan fingerprint density at radius 3 is 2.79 bits per heavy atom. The molecule has 168 valence electrons. The van der Waals surface area contributed by atoms with Crippen LogP contribution >= 0.6 is 0 Å². The van der Waals surface area contributed by atoms with Crippen molar-refractivity contribution in [2.75, 3.05) is 65.5 Å². The largest absolute Gasteiger partial charge is 0.374 e. The topological polar surface area (TPSA) is 95.2 Å². The fourth-order valence-corrected chi connectivity index (χ4v) is 4.11. The first-order valence-electron chi connectivity index (χ1n) is 11.4. The lowest BCUT2D eigenvalue weighted by Gasteiger charge is -2.33. The average molecular weight is 411 g/mol. The summed E-state index contributed by atoms with van der Waals surface area (Å²) in [6.45, 7) is 15.7. The molecule has 29 heavy (non-hydrogen) atoms. The number of hydrogen-bond donors (Lipinski definition) is 3. The van der Waals surface area contributed by atoms with Gasteiger partial charge in [0.25, 0.3) is 0 Å². The van der Waals surface area contributed by atoms with E-state index in [-0.39, 0.29) is 17.9 Å². The summed E-state index contributed by atoms with van der Waals surface area (Å²) >= 11 is 0. The minimum absolute atomic E-state index is 0.0151. The Balaban J connectivity index is 1.70. The van der Waals surface area contributed by atoms with Crippen molar-refractivity contribution >= 4 is 11.9 Å². The van der Waals surface area contributed by atoms with Crippen LogP contribution in [0.3, 0.4) is 0 Å². The van der Waals surface area contributed by atoms with Gasteiger partial charge in [0.15, 0.2) is 5.96 Å². The lowest BCUT2D eigenvalue weighted by molar-refractivity contribution is -0.123. The number of nitrogens with zero attached hydrogens (tertiary/aromatic N) is 3. The van der Waals surface area contributed by atoms with E-state index in [0.717, 1.165) is 84.2 Å². The molecule has 0 bridgehead atoms. The molecule has 0 saturated carbocycles. The van der Waals surface area contributed by atoms with Gasteiger partial charge >= 0.3 is 0 Å². The molecule has 8 nitrogen and oxygen atoms in total. The van der Waals surface area contributed by atoms with Gasteiger partial charge in [-0.1, -0.05) is 13.8 Å². The van der Waals surface area contributed by atoms with Crippen LogP contribution in [0, 0.1) is 11.8 Å². The summed E-state index contributed by atoms with van der Waals surface area (Å²) in [4.78, 5) is 21.0. The number of rotatable bonds is 10. The number of carbonyl (C=O) groups excluding carboxylic acids is 1. The number of amides is 1. The number of hydrogen-bond acceptors (Lipinski definition) is 5. The average Bonchev–Trinajstić information content (AvgIpc) is 2.69. The predicted molar refractivity (Wildman–Crippen MR) is 118 cm³/mol. The van der Waals surface area contributed by atoms with Crippen LogP contribution in [0.2, 0.25) is 0 Å². The van der Waals surface area contributed by atoms with Gasteiger partial charge in [-0.3, -0.25) is 14.7 Å². The molecule has 2 aliphatic heterocycles. The van der Waals surface area contributed by atoms with Gasteiger partial charge in [-0.05, 0) is 45.2 Å². The molecular formula is C21H42N6O2. The number of aliphatic imine (C=N–C) groups is 1. The molecule has 2 fully saturated rings. The smallest absolute Gasteiger partial charge is 0.221 e. The molecule has 2 aliphatic rings. The number of ether oxygens (including phenoxy) is 1. The van der Waals surface area contributed by atoms with Crippen LogP contribution < -0.4 is 16.4 Å². The number of guanidine groups is 1. The van der Waals surface area contributed by atoms with Crippen LogP contribution in [0.15, 0.2) is 4.99 Å². The van der Waals surface area contributed by atoms with E-state index < -0.39 is 0 Å². The van der Waals surface area contributed by atoms with Crippen molar-refractivity contribution in [3.05, 3.63) is 0 Å². The summed E-state index contributed by atoms with van der Waals surface area (Å²) in [7, 11) is 0. The van der Waals surface area contributed by atoms with Crippen molar-refractivity contribution in [2.24, 2.45) is 22.6 Å². The SMILES string of the molecule is CCNC(=NCC1CN(CC(C)C)CCO1)NCCCN1CCCC(C(N)=O)C1. The normalized spacial score (nSPS) is 24.6. The van der Waals surface area contributed by atoms with Crippen molar-refractivity contribution < 1.29 is 9.53 Å². The molecule has 0 aromatic rings. The van der Waals surface area contributed by atoms with E-state index in [1.807, 2.05) is 0 Å². The highest BCUT2D eigenvalue weighted by Gasteiger charge is 2.23. The molecule has 0 spiro atoms. The molecule has 0 aromatic heterocycles. The van der Waals surface area contributed by atoms with Gasteiger partial charge in [0.1, 0.15) is 0 Å². The van der Waals surface area contributed by atoms with Gasteiger partial charge in [-0.25, -0.2) is 0 Å². The number of likely N-dealkylation sites (tertiary alicyclic amines) is 1. The van der Waals surface area contributed by atoms with E-state index in [9.17, 15) is 4.79 Å². The standard InChI is InChI=1S/C21H42N6O2/c1-4-23-21(25-13-19-16-27(11-12-29-19)14-17(2)3)24-8-6-10-26-9-5-7-18(15-26)20(22)28/h17-19H,4-16H2,1-3H3,(H2,22,28)(H2,23,24,25). The van der Waals surface area contributed by atoms with Crippen LogP contribution in [-0.2, 0) is 9.53 Å². The Morgan fingerprint density at radius 1 is 1.24 bits per heavy atom. The lowest BCUT2D eigenvalue weighted by Crippen LogP contribution is -2.46. The van der Waals surface area contributed by atoms with E-state index >= 15 is 0 Å². The first-order valence-corrected chi connectivity index (χ1v) is 11.4. The maximum absolute atomic E-state index is 11.4. The number of carbonyl (C=O) groups is 1. The third-order valence-corrected chi connectivity index (χ3v) is 5.49. The Hall–Kier alpha value is -1.38. The van der Waals surface area contributed by atoms with Crippen molar-refractivity contribution in [1.29, 1.82) is 0 Å². The van der Waals surface area contributed by atoms with Gasteiger partial charge < -0.3 is 26.0 Å². The molecule has 2 unspecified atom stereocenters. The summed E-state index contributed by atoms with van der Waals surface area (Å²) in [5.74, 6) is 1.38. The van der Waals surface area contributed by atoms with Crippen molar-refractivity contribution in [1.82, 2.24) is 20.4 Å². The van der Waals surface area contributed by atoms with Crippen LogP contribution in [0.4, 0.5) is 0 Å². The highest BCUT2D eigenvalue weighted by molar-refractivity contribution is 5.79. The number of primary amides is 1. The maximum atomic E-state index is 11.4. The van der Waals surface area contributed by atoms with Gasteiger partial charge in [-0.15, -0.1) is 0 Å². The summed E-state index contributed by atoms with van der Waals surface area (Å²) in [5.41, 5.74) is 5.47. The molecule has 2 saturated heterocycles. The van der Waals surface area contributed by atoms with Crippen molar-refractivity contribution in [3.63, 3.8) is 0 Å². The van der Waals surface area contributed by atoms with Crippen LogP contribution in [0.1, 0.15) is 40.0 Å². The zero-order valence-corrected chi connectivity index (χ0v) is 18.7. The summed E-state index contributed by atoms with van der Waals surface area (Å²) in [6.07, 6.45) is 3.16. The molecule has 2 atom stereocenters. The molecule has 0 aromatic carbocycles. The molecule has 0 aliphatic carbocycles. The number of nitrogens with two attached hydrogens (primary N) is 1. The zero-order chi connectivity index (χ0) is 21.1. The third kappa shape index (κ3) is 9.31. The van der Waals surface area contributed by atoms with Gasteiger partial charge in [0.2, 0.25) is 5.91 Å². The summed E-state index contributed by atoms with van der Waals surface area (Å²) < 4.78 is 5.90. The zero-order valence-electron chi connectivity index (χ0n) is 18.7. The predicted octanol–water partition coefficient (Wildman–Crippen LogP) is 0.486. The summed E-state index contributed by atoms with van der Waals surface area (Å²) in [5, 5.41) is 6.75. The Labute approximate surface area is 176 Å². The number of piperidine rings is 1. The van der Waals surface area contributed by atoms with Gasteiger partial charge in [-0.2, -0.15) is 0 Å². The fourth-order valence-electron chi connectivity index (χ4n) is 4.11. The monoisotopic (exact) mass is 410 g/mol. The van der Waals surface area contributed by atoms with E-state index in [2.05, 4.69) is 41.2 Å². The Bertz CT molecular complexity index is 513. The van der Waals surface area contributed by atoms with Crippen molar-refractivity contribution in [3.8, 4) is 0 Å². The van der Waals surface area contributed by atoms with E-state index in [0.29, 0.717) is 12.5 Å². The molecule has 0 radical (unpaired) electrons. The first kappa shape index (κ1) is 23.9. The molecular weight excluding hydrogens is 368 g/mol. The molecule has 1 amide bonds.